The van der Waals surface area contributed by atoms with Crippen molar-refractivity contribution in [2.45, 2.75) is 12.1 Å². The number of aryl methyl sites for hydroxylation is 1. The van der Waals surface area contributed by atoms with E-state index < -0.39 is 0 Å². The first kappa shape index (κ1) is 12.8. The van der Waals surface area contributed by atoms with Crippen molar-refractivity contribution >= 4 is 44.9 Å². The van der Waals surface area contributed by atoms with E-state index >= 15 is 0 Å². The van der Waals surface area contributed by atoms with Crippen LogP contribution in [0.4, 0.5) is 0 Å². The molecule has 0 saturated heterocycles. The summed E-state index contributed by atoms with van der Waals surface area (Å²) in [4.78, 5) is 13.3. The summed E-state index contributed by atoms with van der Waals surface area (Å²) in [5.41, 5.74) is 2.68. The zero-order valence-electron chi connectivity index (χ0n) is 10.3. The molecule has 0 N–H and O–H groups in total. The zero-order valence-corrected chi connectivity index (χ0v) is 12.7. The van der Waals surface area contributed by atoms with Gasteiger partial charge in [0.2, 0.25) is 0 Å². The number of aromatic nitrogens is 3. The second kappa shape index (κ2) is 5.07. The number of thioether (sulfide) groups is 1. The van der Waals surface area contributed by atoms with Crippen molar-refractivity contribution in [1.82, 2.24) is 15.0 Å². The lowest BCUT2D eigenvalue weighted by Crippen LogP contribution is -1.95. The molecule has 0 unspecified atom stereocenters. The Hall–Kier alpha value is -1.17. The monoisotopic (exact) mass is 307 g/mol. The molecule has 3 nitrogen and oxygen atoms in total. The molecule has 0 amide bonds. The largest absolute Gasteiger partial charge is 0.236 e. The smallest absolute Gasteiger partial charge is 0.188 e. The van der Waals surface area contributed by atoms with Crippen molar-refractivity contribution in [3.63, 3.8) is 0 Å². The predicted molar refractivity (Wildman–Crippen MR) is 82.2 cm³/mol. The van der Waals surface area contributed by atoms with Gasteiger partial charge in [-0.2, -0.15) is 0 Å². The van der Waals surface area contributed by atoms with Crippen LogP contribution in [-0.2, 0) is 0 Å². The standard InChI is InChI=1S/C13H10ClN3S2/c1-7-10(11(14)17-13(15-7)18-2)12-16-8-5-3-4-6-9(8)19-12/h3-6H,1-2H3. The molecule has 0 spiro atoms. The van der Waals surface area contributed by atoms with Crippen molar-refractivity contribution in [2.24, 2.45) is 0 Å². The topological polar surface area (TPSA) is 38.7 Å². The van der Waals surface area contributed by atoms with Crippen LogP contribution in [-0.4, -0.2) is 21.2 Å². The minimum Gasteiger partial charge on any atom is -0.236 e. The summed E-state index contributed by atoms with van der Waals surface area (Å²) in [7, 11) is 0. The first-order chi connectivity index (χ1) is 9.19. The SMILES string of the molecule is CSc1nc(C)c(-c2nc3ccccc3s2)c(Cl)n1. The van der Waals surface area contributed by atoms with Gasteiger partial charge in [-0.25, -0.2) is 15.0 Å². The maximum atomic E-state index is 6.28. The molecule has 19 heavy (non-hydrogen) atoms. The number of thiazole rings is 1. The van der Waals surface area contributed by atoms with Gasteiger partial charge in [-0.05, 0) is 25.3 Å². The van der Waals surface area contributed by atoms with Gasteiger partial charge in [0, 0.05) is 0 Å². The van der Waals surface area contributed by atoms with E-state index in [0.717, 1.165) is 26.5 Å². The third kappa shape index (κ3) is 2.33. The first-order valence-corrected chi connectivity index (χ1v) is 8.05. The fraction of sp³-hybridized carbons (Fsp3) is 0.154. The van der Waals surface area contributed by atoms with Crippen molar-refractivity contribution in [1.29, 1.82) is 0 Å². The molecule has 0 radical (unpaired) electrons. The number of nitrogens with zero attached hydrogens (tertiary/aromatic N) is 3. The number of rotatable bonds is 2. The normalized spacial score (nSPS) is 11.1. The van der Waals surface area contributed by atoms with Gasteiger partial charge in [-0.3, -0.25) is 0 Å². The Balaban J connectivity index is 2.21. The highest BCUT2D eigenvalue weighted by Crippen LogP contribution is 2.35. The molecular weight excluding hydrogens is 298 g/mol. The van der Waals surface area contributed by atoms with Gasteiger partial charge in [-0.1, -0.05) is 35.5 Å². The van der Waals surface area contributed by atoms with Gasteiger partial charge >= 0.3 is 0 Å². The Morgan fingerprint density at radius 1 is 1.16 bits per heavy atom. The van der Waals surface area contributed by atoms with Crippen molar-refractivity contribution in [3.8, 4) is 10.6 Å². The molecule has 0 bridgehead atoms. The molecule has 3 rings (SSSR count). The van der Waals surface area contributed by atoms with Crippen LogP contribution in [0.25, 0.3) is 20.8 Å². The second-order valence-corrected chi connectivity index (χ2v) is 6.11. The summed E-state index contributed by atoms with van der Waals surface area (Å²) >= 11 is 9.37. The van der Waals surface area contributed by atoms with Crippen LogP contribution in [0.1, 0.15) is 5.69 Å². The third-order valence-corrected chi connectivity index (χ3v) is 4.59. The van der Waals surface area contributed by atoms with E-state index in [1.54, 1.807) is 11.3 Å². The zero-order chi connectivity index (χ0) is 13.4. The van der Waals surface area contributed by atoms with Crippen LogP contribution in [0.3, 0.4) is 0 Å². The lowest BCUT2D eigenvalue weighted by Gasteiger charge is -2.05. The van der Waals surface area contributed by atoms with E-state index in [1.807, 2.05) is 31.4 Å². The van der Waals surface area contributed by atoms with Gasteiger partial charge in [0.15, 0.2) is 5.16 Å². The molecule has 3 aromatic rings. The van der Waals surface area contributed by atoms with Crippen LogP contribution in [0.2, 0.25) is 5.15 Å². The van der Waals surface area contributed by atoms with Crippen molar-refractivity contribution in [2.75, 3.05) is 6.26 Å². The Bertz CT molecular complexity index is 698. The van der Waals surface area contributed by atoms with Crippen LogP contribution in [0.15, 0.2) is 29.4 Å². The molecule has 0 aliphatic heterocycles. The molecule has 0 saturated carbocycles. The maximum absolute atomic E-state index is 6.28. The number of para-hydroxylation sites is 1. The van der Waals surface area contributed by atoms with E-state index in [-0.39, 0.29) is 0 Å². The summed E-state index contributed by atoms with van der Waals surface area (Å²) in [6, 6.07) is 8.03. The number of benzene rings is 1. The van der Waals surface area contributed by atoms with Gasteiger partial charge in [0.1, 0.15) is 10.2 Å². The average Bonchev–Trinajstić information content (AvgIpc) is 2.80. The first-order valence-electron chi connectivity index (χ1n) is 5.63. The van der Waals surface area contributed by atoms with Gasteiger partial charge in [-0.15, -0.1) is 11.3 Å². The van der Waals surface area contributed by atoms with Gasteiger partial charge in [0.05, 0.1) is 21.5 Å². The molecule has 6 heteroatoms. The van der Waals surface area contributed by atoms with Crippen LogP contribution >= 0.6 is 34.7 Å². The van der Waals surface area contributed by atoms with Gasteiger partial charge in [0.25, 0.3) is 0 Å². The molecule has 2 aromatic heterocycles. The molecule has 0 aliphatic carbocycles. The summed E-state index contributed by atoms with van der Waals surface area (Å²) < 4.78 is 1.14. The Labute approximate surface area is 124 Å². The predicted octanol–water partition coefficient (Wildman–Crippen LogP) is 4.44. The summed E-state index contributed by atoms with van der Waals surface area (Å²) in [5.74, 6) is 0. The molecule has 0 aliphatic rings. The number of hydrogen-bond donors (Lipinski definition) is 0. The number of halogens is 1. The highest BCUT2D eigenvalue weighted by molar-refractivity contribution is 7.98. The Kier molecular flexibility index (Phi) is 3.43. The minimum absolute atomic E-state index is 0.468. The van der Waals surface area contributed by atoms with Crippen LogP contribution in [0.5, 0.6) is 0 Å². The van der Waals surface area contributed by atoms with Crippen LogP contribution in [0, 0.1) is 6.92 Å². The Morgan fingerprint density at radius 3 is 2.63 bits per heavy atom. The maximum Gasteiger partial charge on any atom is 0.188 e. The average molecular weight is 308 g/mol. The van der Waals surface area contributed by atoms with Gasteiger partial charge < -0.3 is 0 Å². The lowest BCUT2D eigenvalue weighted by atomic mass is 10.2. The number of fused-ring (bicyclic) bond motifs is 1. The Morgan fingerprint density at radius 2 is 1.95 bits per heavy atom. The fourth-order valence-electron chi connectivity index (χ4n) is 1.83. The molecule has 2 heterocycles. The summed E-state index contributed by atoms with van der Waals surface area (Å²) in [5, 5.41) is 2.03. The molecule has 0 fully saturated rings. The molecule has 1 aromatic carbocycles. The lowest BCUT2D eigenvalue weighted by molar-refractivity contribution is 0.938. The molecule has 96 valence electrons. The van der Waals surface area contributed by atoms with E-state index in [4.69, 9.17) is 11.6 Å². The van der Waals surface area contributed by atoms with E-state index in [1.165, 1.54) is 11.8 Å². The van der Waals surface area contributed by atoms with Crippen LogP contribution < -0.4 is 0 Å². The number of hydrogen-bond acceptors (Lipinski definition) is 5. The highest BCUT2D eigenvalue weighted by Gasteiger charge is 2.15. The van der Waals surface area contributed by atoms with E-state index in [9.17, 15) is 0 Å². The molecular formula is C13H10ClN3S2. The summed E-state index contributed by atoms with van der Waals surface area (Å²) in [6.07, 6.45) is 1.93. The van der Waals surface area contributed by atoms with E-state index in [0.29, 0.717) is 10.3 Å². The second-order valence-electron chi connectivity index (χ2n) is 3.95. The minimum atomic E-state index is 0.468. The van der Waals surface area contributed by atoms with E-state index in [2.05, 4.69) is 21.0 Å². The van der Waals surface area contributed by atoms with Crippen molar-refractivity contribution in [3.05, 3.63) is 35.1 Å². The third-order valence-electron chi connectivity index (χ3n) is 2.72. The summed E-state index contributed by atoms with van der Waals surface area (Å²) in [6.45, 7) is 1.94. The fourth-order valence-corrected chi connectivity index (χ4v) is 3.71. The van der Waals surface area contributed by atoms with Crippen molar-refractivity contribution < 1.29 is 0 Å². The quantitative estimate of drug-likeness (QED) is 0.398. The molecule has 0 atom stereocenters. The highest BCUT2D eigenvalue weighted by atomic mass is 35.5.